The van der Waals surface area contributed by atoms with Crippen LogP contribution in [0.15, 0.2) is 0 Å². The largest absolute Gasteiger partial charge is 0.379 e. The summed E-state index contributed by atoms with van der Waals surface area (Å²) in [7, 11) is -3.07. The topological polar surface area (TPSA) is 102 Å². The molecule has 0 aromatic carbocycles. The fraction of sp³-hybridized carbons (Fsp3) is 0.917. The number of carbonyl (C=O) groups excluding carboxylic acids is 1. The number of nitrogens with zero attached hydrogens (tertiary/aromatic N) is 1. The predicted octanol–water partition coefficient (Wildman–Crippen LogP) is -1.41. The first-order chi connectivity index (χ1) is 9.38. The molecule has 1 amide bonds. The maximum Gasteiger partial charge on any atom is 0.236 e. The van der Waals surface area contributed by atoms with E-state index in [1.54, 1.807) is 0 Å². The first kappa shape index (κ1) is 17.4. The van der Waals surface area contributed by atoms with Gasteiger partial charge in [0.1, 0.15) is 9.84 Å². The fourth-order valence-corrected chi connectivity index (χ4v) is 2.62. The van der Waals surface area contributed by atoms with Gasteiger partial charge >= 0.3 is 0 Å². The molecule has 1 atom stereocenters. The van der Waals surface area contributed by atoms with Gasteiger partial charge in [0.05, 0.1) is 25.0 Å². The standard InChI is InChI=1S/C12H25N3O4S/c1-20(17,18)10-3-11(13)12(16)14-4-2-5-15-6-8-19-9-7-15/h11H,2-10,13H2,1H3,(H,14,16). The molecule has 3 N–H and O–H groups in total. The van der Waals surface area contributed by atoms with Crippen molar-refractivity contribution in [2.24, 2.45) is 5.73 Å². The highest BCUT2D eigenvalue weighted by Crippen LogP contribution is 1.98. The van der Waals surface area contributed by atoms with Crippen molar-refractivity contribution in [1.29, 1.82) is 0 Å². The molecular formula is C12H25N3O4S. The third-order valence-electron chi connectivity index (χ3n) is 3.19. The molecule has 0 aromatic heterocycles. The van der Waals surface area contributed by atoms with Crippen LogP contribution in [-0.2, 0) is 19.4 Å². The molecule has 0 aliphatic carbocycles. The van der Waals surface area contributed by atoms with Crippen molar-refractivity contribution in [2.75, 3.05) is 51.4 Å². The third-order valence-corrected chi connectivity index (χ3v) is 4.17. The van der Waals surface area contributed by atoms with Gasteiger partial charge in [0.25, 0.3) is 0 Å². The molecule has 20 heavy (non-hydrogen) atoms. The number of hydrogen-bond acceptors (Lipinski definition) is 6. The molecule has 1 aliphatic heterocycles. The van der Waals surface area contributed by atoms with Gasteiger partial charge in [-0.15, -0.1) is 0 Å². The number of sulfone groups is 1. The minimum atomic E-state index is -3.07. The average Bonchev–Trinajstić information content (AvgIpc) is 2.41. The Hall–Kier alpha value is -0.700. The highest BCUT2D eigenvalue weighted by Gasteiger charge is 2.15. The minimum Gasteiger partial charge on any atom is -0.379 e. The molecule has 0 saturated carbocycles. The monoisotopic (exact) mass is 307 g/mol. The summed E-state index contributed by atoms with van der Waals surface area (Å²) in [4.78, 5) is 13.9. The zero-order valence-corrected chi connectivity index (χ0v) is 12.8. The van der Waals surface area contributed by atoms with E-state index in [9.17, 15) is 13.2 Å². The average molecular weight is 307 g/mol. The van der Waals surface area contributed by atoms with Crippen LogP contribution in [0.3, 0.4) is 0 Å². The molecular weight excluding hydrogens is 282 g/mol. The van der Waals surface area contributed by atoms with E-state index in [0.29, 0.717) is 6.54 Å². The Morgan fingerprint density at radius 3 is 2.65 bits per heavy atom. The number of amides is 1. The normalized spacial score (nSPS) is 18.7. The molecule has 0 aromatic rings. The van der Waals surface area contributed by atoms with Crippen molar-refractivity contribution in [1.82, 2.24) is 10.2 Å². The van der Waals surface area contributed by atoms with E-state index in [2.05, 4.69) is 10.2 Å². The molecule has 1 heterocycles. The van der Waals surface area contributed by atoms with Crippen molar-refractivity contribution < 1.29 is 17.9 Å². The fourth-order valence-electron chi connectivity index (χ4n) is 1.94. The molecule has 0 radical (unpaired) electrons. The highest BCUT2D eigenvalue weighted by atomic mass is 32.2. The van der Waals surface area contributed by atoms with Crippen LogP contribution >= 0.6 is 0 Å². The first-order valence-corrected chi connectivity index (χ1v) is 8.95. The summed E-state index contributed by atoms with van der Waals surface area (Å²) in [6, 6.07) is -0.756. The zero-order valence-electron chi connectivity index (χ0n) is 12.0. The first-order valence-electron chi connectivity index (χ1n) is 6.89. The molecule has 1 fully saturated rings. The lowest BCUT2D eigenvalue weighted by atomic mass is 10.2. The zero-order chi connectivity index (χ0) is 15.0. The van der Waals surface area contributed by atoms with Crippen molar-refractivity contribution >= 4 is 15.7 Å². The van der Waals surface area contributed by atoms with E-state index in [1.165, 1.54) is 0 Å². The SMILES string of the molecule is CS(=O)(=O)CCC(N)C(=O)NCCCN1CCOCC1. The minimum absolute atomic E-state index is 0.0602. The van der Waals surface area contributed by atoms with Crippen LogP contribution in [0.4, 0.5) is 0 Å². The molecule has 1 saturated heterocycles. The Bertz CT molecular complexity index is 394. The predicted molar refractivity (Wildman–Crippen MR) is 77.2 cm³/mol. The molecule has 1 aliphatic rings. The Morgan fingerprint density at radius 1 is 1.40 bits per heavy atom. The summed E-state index contributed by atoms with van der Waals surface area (Å²) >= 11 is 0. The van der Waals surface area contributed by atoms with E-state index < -0.39 is 15.9 Å². The van der Waals surface area contributed by atoms with Gasteiger partial charge in [-0.05, 0) is 19.4 Å². The molecule has 0 bridgehead atoms. The lowest BCUT2D eigenvalue weighted by molar-refractivity contribution is -0.122. The Balaban J connectivity index is 2.09. The summed E-state index contributed by atoms with van der Waals surface area (Å²) in [5.74, 6) is -0.342. The smallest absolute Gasteiger partial charge is 0.236 e. The van der Waals surface area contributed by atoms with E-state index in [1.807, 2.05) is 0 Å². The quantitative estimate of drug-likeness (QED) is 0.534. The van der Waals surface area contributed by atoms with Crippen LogP contribution < -0.4 is 11.1 Å². The molecule has 7 nitrogen and oxygen atoms in total. The Kier molecular flexibility index (Phi) is 7.42. The van der Waals surface area contributed by atoms with Crippen molar-refractivity contribution in [2.45, 2.75) is 18.9 Å². The van der Waals surface area contributed by atoms with Crippen LogP contribution in [0, 0.1) is 0 Å². The van der Waals surface area contributed by atoms with Crippen molar-refractivity contribution in [3.8, 4) is 0 Å². The van der Waals surface area contributed by atoms with Gasteiger partial charge in [0.15, 0.2) is 0 Å². The second-order valence-electron chi connectivity index (χ2n) is 5.12. The lowest BCUT2D eigenvalue weighted by Crippen LogP contribution is -2.43. The number of hydrogen-bond donors (Lipinski definition) is 2. The number of morpholine rings is 1. The van der Waals surface area contributed by atoms with Crippen molar-refractivity contribution in [3.63, 3.8) is 0 Å². The van der Waals surface area contributed by atoms with E-state index in [0.717, 1.165) is 45.5 Å². The van der Waals surface area contributed by atoms with Crippen LogP contribution in [0.1, 0.15) is 12.8 Å². The number of nitrogens with two attached hydrogens (primary N) is 1. The molecule has 118 valence electrons. The lowest BCUT2D eigenvalue weighted by Gasteiger charge is -2.26. The Labute approximate surface area is 120 Å². The van der Waals surface area contributed by atoms with E-state index in [-0.39, 0.29) is 18.1 Å². The number of rotatable bonds is 8. The third kappa shape index (κ3) is 7.78. The number of ether oxygens (including phenoxy) is 1. The van der Waals surface area contributed by atoms with Crippen LogP contribution in [0.25, 0.3) is 0 Å². The molecule has 1 rings (SSSR count). The molecule has 8 heteroatoms. The summed E-state index contributed by atoms with van der Waals surface area (Å²) in [5.41, 5.74) is 5.65. The van der Waals surface area contributed by atoms with Gasteiger partial charge in [0.2, 0.25) is 5.91 Å². The van der Waals surface area contributed by atoms with Gasteiger partial charge < -0.3 is 15.8 Å². The highest BCUT2D eigenvalue weighted by molar-refractivity contribution is 7.90. The van der Waals surface area contributed by atoms with Crippen LogP contribution in [0.2, 0.25) is 0 Å². The van der Waals surface area contributed by atoms with Crippen LogP contribution in [-0.4, -0.2) is 76.7 Å². The van der Waals surface area contributed by atoms with Gasteiger partial charge in [-0.3, -0.25) is 9.69 Å². The summed E-state index contributed by atoms with van der Waals surface area (Å²) in [6.07, 6.45) is 2.15. The number of nitrogens with one attached hydrogen (secondary N) is 1. The number of carbonyl (C=O) groups is 1. The summed E-state index contributed by atoms with van der Waals surface area (Å²) in [6.45, 7) is 4.88. The van der Waals surface area contributed by atoms with Gasteiger partial charge in [0, 0.05) is 25.9 Å². The molecule has 0 spiro atoms. The maximum absolute atomic E-state index is 11.6. The van der Waals surface area contributed by atoms with E-state index >= 15 is 0 Å². The second kappa shape index (κ2) is 8.56. The maximum atomic E-state index is 11.6. The molecule has 1 unspecified atom stereocenters. The van der Waals surface area contributed by atoms with Crippen molar-refractivity contribution in [3.05, 3.63) is 0 Å². The second-order valence-corrected chi connectivity index (χ2v) is 7.38. The summed E-state index contributed by atoms with van der Waals surface area (Å²) in [5, 5.41) is 2.74. The Morgan fingerprint density at radius 2 is 2.05 bits per heavy atom. The van der Waals surface area contributed by atoms with Crippen LogP contribution in [0.5, 0.6) is 0 Å². The van der Waals surface area contributed by atoms with E-state index in [4.69, 9.17) is 10.5 Å². The van der Waals surface area contributed by atoms with Gasteiger partial charge in [-0.1, -0.05) is 0 Å². The van der Waals surface area contributed by atoms with Gasteiger partial charge in [-0.2, -0.15) is 0 Å². The van der Waals surface area contributed by atoms with Gasteiger partial charge in [-0.25, -0.2) is 8.42 Å². The summed E-state index contributed by atoms with van der Waals surface area (Å²) < 4.78 is 27.2.